The number of hydrogen-bond acceptors (Lipinski definition) is 5. The fraction of sp³-hybridized carbons (Fsp3) is 0.0435. The Hall–Kier alpha value is -4.06. The van der Waals surface area contributed by atoms with Gasteiger partial charge in [0.15, 0.2) is 11.6 Å². The number of fused-ring (bicyclic) bond motifs is 2. The Balaban J connectivity index is 1.60. The van der Waals surface area contributed by atoms with Gasteiger partial charge in [0, 0.05) is 27.6 Å². The number of aromatic amines is 1. The predicted octanol–water partition coefficient (Wildman–Crippen LogP) is 5.12. The van der Waals surface area contributed by atoms with Crippen LogP contribution in [-0.4, -0.2) is 25.9 Å². The zero-order valence-corrected chi connectivity index (χ0v) is 15.7. The molecular weight excluding hydrogens is 362 g/mol. The van der Waals surface area contributed by atoms with Crippen LogP contribution < -0.4 is 5.32 Å². The highest BCUT2D eigenvalue weighted by molar-refractivity contribution is 5.95. The highest BCUT2D eigenvalue weighted by Gasteiger charge is 2.11. The molecule has 0 atom stereocenters. The van der Waals surface area contributed by atoms with E-state index in [4.69, 9.17) is 9.97 Å². The molecule has 0 aliphatic carbocycles. The molecule has 0 saturated carbocycles. The summed E-state index contributed by atoms with van der Waals surface area (Å²) in [7, 11) is 0. The normalized spacial score (nSPS) is 11.1. The molecule has 6 heteroatoms. The zero-order chi connectivity index (χ0) is 19.8. The molecule has 2 N–H and O–H groups in total. The lowest BCUT2D eigenvalue weighted by Gasteiger charge is -2.11. The van der Waals surface area contributed by atoms with Gasteiger partial charge in [0.2, 0.25) is 0 Å². The Bertz CT molecular complexity index is 1360. The lowest BCUT2D eigenvalue weighted by atomic mass is 10.1. The molecule has 0 spiro atoms. The number of Topliss-reactive ketones (excluding diaryl/α,β-unsaturated/α-hetero) is 1. The minimum absolute atomic E-state index is 0.0352. The molecule has 0 radical (unpaired) electrons. The number of nitrogens with one attached hydrogen (secondary N) is 2. The fourth-order valence-corrected chi connectivity index (χ4v) is 3.31. The molecule has 5 rings (SSSR count). The summed E-state index contributed by atoms with van der Waals surface area (Å²) in [4.78, 5) is 21.0. The smallest absolute Gasteiger partial charge is 0.162 e. The van der Waals surface area contributed by atoms with Gasteiger partial charge < -0.3 is 5.32 Å². The van der Waals surface area contributed by atoms with E-state index in [1.807, 2.05) is 54.6 Å². The van der Waals surface area contributed by atoms with E-state index >= 15 is 0 Å². The number of anilines is 2. The number of hydrogen-bond donors (Lipinski definition) is 2. The van der Waals surface area contributed by atoms with Gasteiger partial charge in [-0.15, -0.1) is 0 Å². The maximum Gasteiger partial charge on any atom is 0.162 e. The number of benzene rings is 3. The molecule has 0 amide bonds. The van der Waals surface area contributed by atoms with Gasteiger partial charge in [-0.3, -0.25) is 9.89 Å². The second-order valence-corrected chi connectivity index (χ2v) is 6.84. The summed E-state index contributed by atoms with van der Waals surface area (Å²) in [5.74, 6) is 1.36. The van der Waals surface area contributed by atoms with Crippen LogP contribution in [0.1, 0.15) is 17.3 Å². The van der Waals surface area contributed by atoms with Gasteiger partial charge in [-0.1, -0.05) is 36.4 Å². The number of para-hydroxylation sites is 1. The summed E-state index contributed by atoms with van der Waals surface area (Å²) >= 11 is 0. The van der Waals surface area contributed by atoms with Gasteiger partial charge in [-0.05, 0) is 37.3 Å². The molecule has 2 heterocycles. The summed E-state index contributed by atoms with van der Waals surface area (Å²) in [6.45, 7) is 1.56. The maximum atomic E-state index is 11.6. The minimum Gasteiger partial charge on any atom is -0.340 e. The molecule has 0 aliphatic heterocycles. The summed E-state index contributed by atoms with van der Waals surface area (Å²) < 4.78 is 0. The van der Waals surface area contributed by atoms with Crippen LogP contribution in [0.4, 0.5) is 11.5 Å². The SMILES string of the molecule is CC(=O)c1ccc(-c2nc(Nc3ccc4[nH]ncc4c3)c3ccccc3n2)cc1. The number of carbonyl (C=O) groups is 1. The molecule has 6 nitrogen and oxygen atoms in total. The van der Waals surface area contributed by atoms with Crippen LogP contribution in [0, 0.1) is 0 Å². The van der Waals surface area contributed by atoms with Crippen molar-refractivity contribution in [2.24, 2.45) is 0 Å². The van der Waals surface area contributed by atoms with Crippen molar-refractivity contribution in [3.63, 3.8) is 0 Å². The minimum atomic E-state index is 0.0352. The van der Waals surface area contributed by atoms with Gasteiger partial charge in [0.05, 0.1) is 17.2 Å². The standard InChI is InChI=1S/C23H17N5O/c1-14(29)15-6-8-16(9-7-15)22-26-21-5-3-2-4-19(21)23(27-22)25-18-10-11-20-17(12-18)13-24-28-20/h2-13H,1H3,(H,24,28)(H,25,26,27). The molecule has 0 saturated heterocycles. The first-order valence-corrected chi connectivity index (χ1v) is 9.26. The van der Waals surface area contributed by atoms with Crippen molar-refractivity contribution < 1.29 is 4.79 Å². The second kappa shape index (κ2) is 6.83. The third-order valence-electron chi connectivity index (χ3n) is 4.86. The number of aromatic nitrogens is 4. The molecule has 0 unspecified atom stereocenters. The molecule has 5 aromatic rings. The Labute approximate surface area is 166 Å². The van der Waals surface area contributed by atoms with Crippen molar-refractivity contribution in [3.8, 4) is 11.4 Å². The lowest BCUT2D eigenvalue weighted by Crippen LogP contribution is -2.00. The Morgan fingerprint density at radius 2 is 1.79 bits per heavy atom. The third kappa shape index (κ3) is 3.21. The highest BCUT2D eigenvalue weighted by Crippen LogP contribution is 2.28. The number of ketones is 1. The molecule has 0 aliphatic rings. The Morgan fingerprint density at radius 3 is 2.62 bits per heavy atom. The Kier molecular flexibility index (Phi) is 4.02. The first-order valence-electron chi connectivity index (χ1n) is 9.26. The van der Waals surface area contributed by atoms with Crippen LogP contribution in [0.5, 0.6) is 0 Å². The molecule has 2 aromatic heterocycles. The van der Waals surface area contributed by atoms with E-state index in [0.717, 1.165) is 38.9 Å². The van der Waals surface area contributed by atoms with E-state index in [9.17, 15) is 4.79 Å². The zero-order valence-electron chi connectivity index (χ0n) is 15.7. The van der Waals surface area contributed by atoms with E-state index in [0.29, 0.717) is 11.4 Å². The van der Waals surface area contributed by atoms with Gasteiger partial charge in [0.1, 0.15) is 5.82 Å². The van der Waals surface area contributed by atoms with Crippen molar-refractivity contribution >= 4 is 39.1 Å². The number of rotatable bonds is 4. The van der Waals surface area contributed by atoms with E-state index in [1.165, 1.54) is 0 Å². The predicted molar refractivity (Wildman–Crippen MR) is 114 cm³/mol. The molecular formula is C23H17N5O. The summed E-state index contributed by atoms with van der Waals surface area (Å²) in [6, 6.07) is 21.2. The van der Waals surface area contributed by atoms with Gasteiger partial charge in [0.25, 0.3) is 0 Å². The summed E-state index contributed by atoms with van der Waals surface area (Å²) in [5, 5.41) is 12.4. The number of nitrogens with zero attached hydrogens (tertiary/aromatic N) is 3. The van der Waals surface area contributed by atoms with Crippen molar-refractivity contribution in [1.82, 2.24) is 20.2 Å². The molecule has 140 valence electrons. The van der Waals surface area contributed by atoms with Gasteiger partial charge in [-0.25, -0.2) is 9.97 Å². The first kappa shape index (κ1) is 17.1. The summed E-state index contributed by atoms with van der Waals surface area (Å²) in [6.07, 6.45) is 1.79. The van der Waals surface area contributed by atoms with Crippen LogP contribution in [0.15, 0.2) is 72.9 Å². The van der Waals surface area contributed by atoms with Crippen molar-refractivity contribution in [2.75, 3.05) is 5.32 Å². The van der Waals surface area contributed by atoms with Crippen molar-refractivity contribution in [2.45, 2.75) is 6.92 Å². The van der Waals surface area contributed by atoms with Crippen LogP contribution >= 0.6 is 0 Å². The number of H-pyrrole nitrogens is 1. The van der Waals surface area contributed by atoms with E-state index < -0.39 is 0 Å². The maximum absolute atomic E-state index is 11.6. The van der Waals surface area contributed by atoms with Crippen LogP contribution in [0.3, 0.4) is 0 Å². The van der Waals surface area contributed by atoms with Crippen LogP contribution in [0.2, 0.25) is 0 Å². The van der Waals surface area contributed by atoms with Crippen molar-refractivity contribution in [3.05, 3.63) is 78.5 Å². The molecule has 29 heavy (non-hydrogen) atoms. The average Bonchev–Trinajstić information content (AvgIpc) is 3.21. The van der Waals surface area contributed by atoms with E-state index in [1.54, 1.807) is 25.3 Å². The van der Waals surface area contributed by atoms with Gasteiger partial charge >= 0.3 is 0 Å². The average molecular weight is 379 g/mol. The van der Waals surface area contributed by atoms with Crippen LogP contribution in [0.25, 0.3) is 33.2 Å². The van der Waals surface area contributed by atoms with Crippen LogP contribution in [-0.2, 0) is 0 Å². The Morgan fingerprint density at radius 1 is 0.966 bits per heavy atom. The largest absolute Gasteiger partial charge is 0.340 e. The number of carbonyl (C=O) groups excluding carboxylic acids is 1. The quantitative estimate of drug-likeness (QED) is 0.424. The van der Waals surface area contributed by atoms with E-state index in [-0.39, 0.29) is 5.78 Å². The fourth-order valence-electron chi connectivity index (χ4n) is 3.31. The molecule has 3 aromatic carbocycles. The highest BCUT2D eigenvalue weighted by atomic mass is 16.1. The topological polar surface area (TPSA) is 83.6 Å². The molecule has 0 bridgehead atoms. The monoisotopic (exact) mass is 379 g/mol. The van der Waals surface area contributed by atoms with E-state index in [2.05, 4.69) is 15.5 Å². The molecule has 0 fully saturated rings. The lowest BCUT2D eigenvalue weighted by molar-refractivity contribution is 0.101. The second-order valence-electron chi connectivity index (χ2n) is 6.84. The summed E-state index contributed by atoms with van der Waals surface area (Å²) in [5.41, 5.74) is 4.27. The van der Waals surface area contributed by atoms with Gasteiger partial charge in [-0.2, -0.15) is 5.10 Å². The first-order chi connectivity index (χ1) is 14.2. The van der Waals surface area contributed by atoms with Crippen molar-refractivity contribution in [1.29, 1.82) is 0 Å². The third-order valence-corrected chi connectivity index (χ3v) is 4.86.